The quantitative estimate of drug-likeness (QED) is 0.213. The van der Waals surface area contributed by atoms with Crippen molar-refractivity contribution >= 4 is 47.6 Å². The molecule has 6 nitrogen and oxygen atoms in total. The lowest BCUT2D eigenvalue weighted by Gasteiger charge is -2.35. The van der Waals surface area contributed by atoms with Gasteiger partial charge in [0.25, 0.3) is 5.91 Å². The molecule has 0 aromatic heterocycles. The summed E-state index contributed by atoms with van der Waals surface area (Å²) in [6.45, 7) is 9.72. The summed E-state index contributed by atoms with van der Waals surface area (Å²) in [5.74, 6) is 2.11. The van der Waals surface area contributed by atoms with Crippen LogP contribution < -0.4 is 10.6 Å². The first-order valence-corrected chi connectivity index (χ1v) is 12.0. The smallest absolute Gasteiger partial charge is 0.254 e. The molecule has 1 heterocycles. The standard InChI is InChI=1S/C22H36N4O2S.HI/c1-5-23-22(24-12-6-7-13-29-4)25-14-19-8-10-20(11-9-19)21(27)26-15-17(2)28-18(3)16-26;/h8-11,17-18H,5-7,12-16H2,1-4H3,(H2,23,24,25);1H. The number of thioether (sulfide) groups is 1. The van der Waals surface area contributed by atoms with Crippen LogP contribution in [0.5, 0.6) is 0 Å². The summed E-state index contributed by atoms with van der Waals surface area (Å²) in [6, 6.07) is 7.79. The van der Waals surface area contributed by atoms with Crippen molar-refractivity contribution in [3.63, 3.8) is 0 Å². The third-order valence-corrected chi connectivity index (χ3v) is 5.44. The Labute approximate surface area is 203 Å². The summed E-state index contributed by atoms with van der Waals surface area (Å²) in [5.41, 5.74) is 1.81. The van der Waals surface area contributed by atoms with Crippen molar-refractivity contribution in [3.05, 3.63) is 35.4 Å². The van der Waals surface area contributed by atoms with E-state index in [2.05, 4.69) is 28.8 Å². The number of carbonyl (C=O) groups is 1. The SMILES string of the molecule is CCNC(=NCc1ccc(C(=O)N2CC(C)OC(C)C2)cc1)NCCCCSC.I. The van der Waals surface area contributed by atoms with Crippen molar-refractivity contribution in [2.24, 2.45) is 4.99 Å². The summed E-state index contributed by atoms with van der Waals surface area (Å²) in [7, 11) is 0. The van der Waals surface area contributed by atoms with Gasteiger partial charge in [0.1, 0.15) is 0 Å². The molecule has 170 valence electrons. The molecule has 0 radical (unpaired) electrons. The van der Waals surface area contributed by atoms with E-state index < -0.39 is 0 Å². The van der Waals surface area contributed by atoms with Crippen LogP contribution in [0.3, 0.4) is 0 Å². The van der Waals surface area contributed by atoms with Gasteiger partial charge >= 0.3 is 0 Å². The molecule has 0 saturated carbocycles. The Bertz CT molecular complexity index is 647. The van der Waals surface area contributed by atoms with Crippen molar-refractivity contribution in [1.82, 2.24) is 15.5 Å². The van der Waals surface area contributed by atoms with Gasteiger partial charge < -0.3 is 20.3 Å². The Hall–Kier alpha value is -1.00. The molecule has 2 rings (SSSR count). The van der Waals surface area contributed by atoms with Crippen molar-refractivity contribution in [2.75, 3.05) is 38.2 Å². The summed E-state index contributed by atoms with van der Waals surface area (Å²) in [6.07, 6.45) is 4.65. The summed E-state index contributed by atoms with van der Waals surface area (Å²) >= 11 is 1.88. The van der Waals surface area contributed by atoms with Gasteiger partial charge in [0.15, 0.2) is 5.96 Å². The average molecular weight is 549 g/mol. The minimum Gasteiger partial charge on any atom is -0.372 e. The number of unbranched alkanes of at least 4 members (excludes halogenated alkanes) is 1. The Morgan fingerprint density at radius 1 is 1.17 bits per heavy atom. The highest BCUT2D eigenvalue weighted by Gasteiger charge is 2.26. The van der Waals surface area contributed by atoms with Crippen LogP contribution in [0.1, 0.15) is 49.5 Å². The Balaban J connectivity index is 0.00000450. The maximum atomic E-state index is 12.8. The maximum absolute atomic E-state index is 12.8. The predicted octanol–water partition coefficient (Wildman–Crippen LogP) is 3.75. The van der Waals surface area contributed by atoms with E-state index in [1.807, 2.05) is 54.8 Å². The monoisotopic (exact) mass is 548 g/mol. The largest absolute Gasteiger partial charge is 0.372 e. The molecule has 30 heavy (non-hydrogen) atoms. The van der Waals surface area contributed by atoms with Gasteiger partial charge in [-0.2, -0.15) is 11.8 Å². The molecule has 0 spiro atoms. The second-order valence-electron chi connectivity index (χ2n) is 7.49. The molecule has 2 unspecified atom stereocenters. The zero-order chi connectivity index (χ0) is 21.1. The lowest BCUT2D eigenvalue weighted by molar-refractivity contribution is -0.0586. The number of benzene rings is 1. The Morgan fingerprint density at radius 3 is 2.43 bits per heavy atom. The van der Waals surface area contributed by atoms with Crippen LogP contribution in [0.2, 0.25) is 0 Å². The van der Waals surface area contributed by atoms with Gasteiger partial charge in [0.05, 0.1) is 18.8 Å². The van der Waals surface area contributed by atoms with Gasteiger partial charge in [-0.15, -0.1) is 24.0 Å². The van der Waals surface area contributed by atoms with E-state index in [0.29, 0.717) is 19.6 Å². The van der Waals surface area contributed by atoms with Gasteiger partial charge in [-0.05, 0) is 63.3 Å². The molecule has 0 aliphatic carbocycles. The maximum Gasteiger partial charge on any atom is 0.254 e. The number of morpholine rings is 1. The number of rotatable bonds is 9. The van der Waals surface area contributed by atoms with Crippen LogP contribution in [-0.4, -0.2) is 67.2 Å². The molecular formula is C22H37IN4O2S. The predicted molar refractivity (Wildman–Crippen MR) is 138 cm³/mol. The normalized spacial score (nSPS) is 19.2. The number of amides is 1. The number of nitrogens with zero attached hydrogens (tertiary/aromatic N) is 2. The van der Waals surface area contributed by atoms with Crippen molar-refractivity contribution < 1.29 is 9.53 Å². The Morgan fingerprint density at radius 2 is 1.83 bits per heavy atom. The molecule has 1 aliphatic heterocycles. The molecule has 1 fully saturated rings. The number of carbonyl (C=O) groups excluding carboxylic acids is 1. The molecule has 1 aromatic carbocycles. The topological polar surface area (TPSA) is 66.0 Å². The third kappa shape index (κ3) is 9.43. The van der Waals surface area contributed by atoms with Crippen LogP contribution in [0.4, 0.5) is 0 Å². The molecule has 1 aliphatic rings. The number of nitrogens with one attached hydrogen (secondary N) is 2. The van der Waals surface area contributed by atoms with E-state index in [4.69, 9.17) is 4.74 Å². The third-order valence-electron chi connectivity index (χ3n) is 4.74. The molecule has 1 aromatic rings. The summed E-state index contributed by atoms with van der Waals surface area (Å²) < 4.78 is 5.72. The van der Waals surface area contributed by atoms with Crippen LogP contribution in [-0.2, 0) is 11.3 Å². The number of halogens is 1. The van der Waals surface area contributed by atoms with E-state index >= 15 is 0 Å². The molecule has 1 amide bonds. The number of hydrogen-bond acceptors (Lipinski definition) is 4. The van der Waals surface area contributed by atoms with Crippen LogP contribution in [0.25, 0.3) is 0 Å². The lowest BCUT2D eigenvalue weighted by atomic mass is 10.1. The van der Waals surface area contributed by atoms with Gasteiger partial charge in [0.2, 0.25) is 0 Å². The lowest BCUT2D eigenvalue weighted by Crippen LogP contribution is -2.48. The molecule has 0 bridgehead atoms. The van der Waals surface area contributed by atoms with Gasteiger partial charge in [-0.3, -0.25) is 4.79 Å². The number of hydrogen-bond donors (Lipinski definition) is 2. The van der Waals surface area contributed by atoms with Crippen molar-refractivity contribution in [3.8, 4) is 0 Å². The van der Waals surface area contributed by atoms with E-state index in [0.717, 1.165) is 36.6 Å². The van der Waals surface area contributed by atoms with Crippen molar-refractivity contribution in [2.45, 2.75) is 52.4 Å². The highest BCUT2D eigenvalue weighted by molar-refractivity contribution is 14.0. The molecule has 2 atom stereocenters. The first-order valence-electron chi connectivity index (χ1n) is 10.6. The van der Waals surface area contributed by atoms with E-state index in [1.54, 1.807) is 0 Å². The van der Waals surface area contributed by atoms with Crippen LogP contribution in [0, 0.1) is 0 Å². The molecule has 2 N–H and O–H groups in total. The fourth-order valence-electron chi connectivity index (χ4n) is 3.37. The minimum atomic E-state index is 0. The van der Waals surface area contributed by atoms with E-state index in [-0.39, 0.29) is 42.1 Å². The number of guanidine groups is 1. The second-order valence-corrected chi connectivity index (χ2v) is 8.47. The first-order chi connectivity index (χ1) is 14.0. The molecular weight excluding hydrogens is 511 g/mol. The number of ether oxygens (including phenoxy) is 1. The summed E-state index contributed by atoms with van der Waals surface area (Å²) in [5, 5.41) is 6.67. The van der Waals surface area contributed by atoms with Gasteiger partial charge in [0, 0.05) is 31.7 Å². The zero-order valence-corrected chi connectivity index (χ0v) is 21.8. The zero-order valence-electron chi connectivity index (χ0n) is 18.6. The minimum absolute atomic E-state index is 0. The van der Waals surface area contributed by atoms with E-state index in [1.165, 1.54) is 12.2 Å². The van der Waals surface area contributed by atoms with Crippen molar-refractivity contribution in [1.29, 1.82) is 0 Å². The number of aliphatic imine (C=N–C) groups is 1. The average Bonchev–Trinajstić information content (AvgIpc) is 2.71. The fraction of sp³-hybridized carbons (Fsp3) is 0.636. The fourth-order valence-corrected chi connectivity index (χ4v) is 3.86. The van der Waals surface area contributed by atoms with Gasteiger partial charge in [-0.25, -0.2) is 4.99 Å². The molecule has 8 heteroatoms. The van der Waals surface area contributed by atoms with Crippen LogP contribution in [0.15, 0.2) is 29.3 Å². The second kappa shape index (κ2) is 14.9. The highest BCUT2D eigenvalue weighted by Crippen LogP contribution is 2.15. The first kappa shape index (κ1) is 27.0. The van der Waals surface area contributed by atoms with Crippen LogP contribution >= 0.6 is 35.7 Å². The van der Waals surface area contributed by atoms with Gasteiger partial charge in [-0.1, -0.05) is 12.1 Å². The Kier molecular flexibility index (Phi) is 13.4. The molecule has 1 saturated heterocycles. The summed E-state index contributed by atoms with van der Waals surface area (Å²) in [4.78, 5) is 19.3. The van der Waals surface area contributed by atoms with E-state index in [9.17, 15) is 4.79 Å². The highest BCUT2D eigenvalue weighted by atomic mass is 127.